The Morgan fingerprint density at radius 1 is 1.35 bits per heavy atom. The molecule has 0 saturated carbocycles. The van der Waals surface area contributed by atoms with Gasteiger partial charge in [-0.2, -0.15) is 0 Å². The number of aliphatic hydroxyl groups is 1. The van der Waals surface area contributed by atoms with Crippen molar-refractivity contribution in [1.29, 1.82) is 0 Å². The average molecular weight is 241 g/mol. The van der Waals surface area contributed by atoms with Crippen molar-refractivity contribution in [2.24, 2.45) is 5.92 Å². The van der Waals surface area contributed by atoms with Crippen LogP contribution in [0.4, 0.5) is 0 Å². The van der Waals surface area contributed by atoms with E-state index in [1.807, 2.05) is 11.8 Å². The predicted octanol–water partition coefficient (Wildman–Crippen LogP) is 1.18. The number of nitrogens with zero attached hydrogens (tertiary/aromatic N) is 1. The van der Waals surface area contributed by atoms with Gasteiger partial charge in [-0.3, -0.25) is 4.79 Å². The molecule has 0 radical (unpaired) electrons. The number of carbonyl (C=O) groups excluding carboxylic acids is 1. The lowest BCUT2D eigenvalue weighted by Crippen LogP contribution is -2.40. The summed E-state index contributed by atoms with van der Waals surface area (Å²) in [5.74, 6) is 0.272. The van der Waals surface area contributed by atoms with Gasteiger partial charge in [-0.1, -0.05) is 0 Å². The maximum Gasteiger partial charge on any atom is 0.228 e. The minimum atomic E-state index is -0.599. The summed E-state index contributed by atoms with van der Waals surface area (Å²) in [5, 5.41) is 10.0. The second kappa shape index (κ2) is 5.36. The van der Waals surface area contributed by atoms with E-state index in [-0.39, 0.29) is 11.8 Å². The fourth-order valence-electron chi connectivity index (χ4n) is 2.68. The van der Waals surface area contributed by atoms with E-state index in [0.717, 1.165) is 38.8 Å². The van der Waals surface area contributed by atoms with Crippen LogP contribution in [0.2, 0.25) is 0 Å². The fourth-order valence-corrected chi connectivity index (χ4v) is 2.68. The first-order valence-electron chi connectivity index (χ1n) is 6.67. The monoisotopic (exact) mass is 241 g/mol. The Bertz CT molecular complexity index is 272. The molecule has 2 unspecified atom stereocenters. The summed E-state index contributed by atoms with van der Waals surface area (Å²) in [5.41, 5.74) is -0.599. The van der Waals surface area contributed by atoms with Crippen molar-refractivity contribution >= 4 is 5.91 Å². The maximum absolute atomic E-state index is 12.3. The van der Waals surface area contributed by atoms with Gasteiger partial charge in [0, 0.05) is 19.7 Å². The lowest BCUT2D eigenvalue weighted by molar-refractivity contribution is -0.139. The van der Waals surface area contributed by atoms with Crippen LogP contribution in [0.5, 0.6) is 0 Å². The van der Waals surface area contributed by atoms with Gasteiger partial charge in [-0.25, -0.2) is 0 Å². The Morgan fingerprint density at radius 2 is 2.18 bits per heavy atom. The SMILES string of the molecule is CC1(O)CCCN(C(=O)C2CCCOC2)CC1. The van der Waals surface area contributed by atoms with Crippen molar-refractivity contribution in [2.75, 3.05) is 26.3 Å². The maximum atomic E-state index is 12.3. The molecule has 2 saturated heterocycles. The summed E-state index contributed by atoms with van der Waals surface area (Å²) in [6.45, 7) is 4.70. The Morgan fingerprint density at radius 3 is 2.88 bits per heavy atom. The van der Waals surface area contributed by atoms with Crippen molar-refractivity contribution in [2.45, 2.75) is 44.6 Å². The molecule has 0 aromatic heterocycles. The van der Waals surface area contributed by atoms with Crippen molar-refractivity contribution in [3.05, 3.63) is 0 Å². The number of likely N-dealkylation sites (tertiary alicyclic amines) is 1. The van der Waals surface area contributed by atoms with Crippen molar-refractivity contribution in [3.63, 3.8) is 0 Å². The zero-order chi connectivity index (χ0) is 12.3. The molecule has 1 N–H and O–H groups in total. The number of hydrogen-bond donors (Lipinski definition) is 1. The molecule has 98 valence electrons. The Kier molecular flexibility index (Phi) is 4.05. The lowest BCUT2D eigenvalue weighted by Gasteiger charge is -2.28. The number of hydrogen-bond acceptors (Lipinski definition) is 3. The third kappa shape index (κ3) is 3.42. The number of rotatable bonds is 1. The van der Waals surface area contributed by atoms with Gasteiger partial charge in [0.25, 0.3) is 0 Å². The Hall–Kier alpha value is -0.610. The van der Waals surface area contributed by atoms with Crippen molar-refractivity contribution < 1.29 is 14.6 Å². The Labute approximate surface area is 103 Å². The minimum Gasteiger partial charge on any atom is -0.390 e. The summed E-state index contributed by atoms with van der Waals surface area (Å²) < 4.78 is 5.37. The molecule has 4 nitrogen and oxygen atoms in total. The summed E-state index contributed by atoms with van der Waals surface area (Å²) in [6, 6.07) is 0. The van der Waals surface area contributed by atoms with Crippen molar-refractivity contribution in [1.82, 2.24) is 4.90 Å². The second-order valence-electron chi connectivity index (χ2n) is 5.59. The van der Waals surface area contributed by atoms with E-state index in [1.54, 1.807) is 0 Å². The van der Waals surface area contributed by atoms with Gasteiger partial charge in [-0.15, -0.1) is 0 Å². The highest BCUT2D eigenvalue weighted by molar-refractivity contribution is 5.79. The van der Waals surface area contributed by atoms with E-state index >= 15 is 0 Å². The van der Waals surface area contributed by atoms with Crippen LogP contribution < -0.4 is 0 Å². The lowest BCUT2D eigenvalue weighted by atomic mass is 9.98. The van der Waals surface area contributed by atoms with E-state index in [4.69, 9.17) is 4.74 Å². The summed E-state index contributed by atoms with van der Waals surface area (Å²) >= 11 is 0. The van der Waals surface area contributed by atoms with Crippen LogP contribution in [0.15, 0.2) is 0 Å². The fraction of sp³-hybridized carbons (Fsp3) is 0.923. The van der Waals surface area contributed by atoms with E-state index < -0.39 is 5.60 Å². The largest absolute Gasteiger partial charge is 0.390 e. The first-order chi connectivity index (χ1) is 8.08. The topological polar surface area (TPSA) is 49.8 Å². The quantitative estimate of drug-likeness (QED) is 0.750. The molecule has 2 atom stereocenters. The molecule has 2 fully saturated rings. The van der Waals surface area contributed by atoms with E-state index in [0.29, 0.717) is 19.6 Å². The van der Waals surface area contributed by atoms with Crippen LogP contribution in [0, 0.1) is 5.92 Å². The third-order valence-electron chi connectivity index (χ3n) is 3.88. The van der Waals surface area contributed by atoms with E-state index in [9.17, 15) is 9.90 Å². The summed E-state index contributed by atoms with van der Waals surface area (Å²) in [4.78, 5) is 14.2. The zero-order valence-corrected chi connectivity index (χ0v) is 10.7. The Balaban J connectivity index is 1.90. The molecular formula is C13H23NO3. The normalized spacial score (nSPS) is 35.4. The van der Waals surface area contributed by atoms with E-state index in [2.05, 4.69) is 0 Å². The molecule has 1 amide bonds. The van der Waals surface area contributed by atoms with Gasteiger partial charge in [0.05, 0.1) is 18.1 Å². The molecule has 0 spiro atoms. The molecule has 17 heavy (non-hydrogen) atoms. The molecule has 0 aromatic carbocycles. The third-order valence-corrected chi connectivity index (χ3v) is 3.88. The molecule has 4 heteroatoms. The molecule has 0 aromatic rings. The molecule has 2 aliphatic rings. The number of ether oxygens (including phenoxy) is 1. The highest BCUT2D eigenvalue weighted by Crippen LogP contribution is 2.24. The standard InChI is InChI=1S/C13H23NO3/c1-13(16)5-3-7-14(8-6-13)12(15)11-4-2-9-17-10-11/h11,16H,2-10H2,1H3. The highest BCUT2D eigenvalue weighted by atomic mass is 16.5. The number of amides is 1. The van der Waals surface area contributed by atoms with Crippen LogP contribution in [0.1, 0.15) is 39.0 Å². The van der Waals surface area contributed by atoms with Gasteiger partial charge in [0.1, 0.15) is 0 Å². The van der Waals surface area contributed by atoms with E-state index in [1.165, 1.54) is 0 Å². The van der Waals surface area contributed by atoms with Gasteiger partial charge in [0.15, 0.2) is 0 Å². The highest BCUT2D eigenvalue weighted by Gasteiger charge is 2.31. The molecule has 2 heterocycles. The van der Waals surface area contributed by atoms with Crippen LogP contribution in [-0.4, -0.2) is 47.8 Å². The summed E-state index contributed by atoms with van der Waals surface area (Å²) in [6.07, 6.45) is 4.31. The molecule has 0 aliphatic carbocycles. The van der Waals surface area contributed by atoms with Gasteiger partial charge in [-0.05, 0) is 39.0 Å². The zero-order valence-electron chi connectivity index (χ0n) is 10.7. The summed E-state index contributed by atoms with van der Waals surface area (Å²) in [7, 11) is 0. The van der Waals surface area contributed by atoms with Crippen LogP contribution >= 0.6 is 0 Å². The molecular weight excluding hydrogens is 218 g/mol. The minimum absolute atomic E-state index is 0.0480. The number of carbonyl (C=O) groups is 1. The van der Waals surface area contributed by atoms with Crippen LogP contribution in [0.3, 0.4) is 0 Å². The average Bonchev–Trinajstić information content (AvgIpc) is 2.50. The second-order valence-corrected chi connectivity index (χ2v) is 5.59. The van der Waals surface area contributed by atoms with Gasteiger partial charge in [0.2, 0.25) is 5.91 Å². The van der Waals surface area contributed by atoms with Crippen LogP contribution in [-0.2, 0) is 9.53 Å². The predicted molar refractivity (Wildman–Crippen MR) is 64.6 cm³/mol. The molecule has 2 rings (SSSR count). The first kappa shape index (κ1) is 12.8. The molecule has 0 bridgehead atoms. The molecule has 2 aliphatic heterocycles. The van der Waals surface area contributed by atoms with Crippen molar-refractivity contribution in [3.8, 4) is 0 Å². The van der Waals surface area contributed by atoms with Gasteiger partial charge < -0.3 is 14.7 Å². The van der Waals surface area contributed by atoms with Gasteiger partial charge >= 0.3 is 0 Å². The van der Waals surface area contributed by atoms with Crippen LogP contribution in [0.25, 0.3) is 0 Å². The first-order valence-corrected chi connectivity index (χ1v) is 6.67. The smallest absolute Gasteiger partial charge is 0.228 e.